The Hall–Kier alpha value is -3.69. The van der Waals surface area contributed by atoms with Crippen molar-refractivity contribution in [1.29, 1.82) is 0 Å². The Balaban J connectivity index is 1.18. The van der Waals surface area contributed by atoms with Gasteiger partial charge in [-0.05, 0) is 68.9 Å². The number of benzene rings is 2. The predicted octanol–water partition coefficient (Wildman–Crippen LogP) is 4.90. The van der Waals surface area contributed by atoms with Gasteiger partial charge in [0, 0.05) is 28.6 Å². The highest BCUT2D eigenvalue weighted by Gasteiger charge is 2.62. The van der Waals surface area contributed by atoms with Crippen LogP contribution in [0, 0.1) is 5.92 Å². The molecule has 2 aromatic carbocycles. The Bertz CT molecular complexity index is 1930. The largest absolute Gasteiger partial charge is 0.497 e. The molecule has 0 bridgehead atoms. The molecular formula is C35H40BrN5O7S2. The van der Waals surface area contributed by atoms with Crippen molar-refractivity contribution in [3.63, 3.8) is 0 Å². The van der Waals surface area contributed by atoms with Crippen LogP contribution < -0.4 is 24.8 Å². The van der Waals surface area contributed by atoms with Crippen LogP contribution >= 0.6 is 27.3 Å². The maximum Gasteiger partial charge on any atom is 0.274 e. The van der Waals surface area contributed by atoms with Crippen LogP contribution in [0.2, 0.25) is 0 Å². The van der Waals surface area contributed by atoms with Crippen LogP contribution in [0.25, 0.3) is 10.2 Å². The van der Waals surface area contributed by atoms with Gasteiger partial charge in [-0.15, -0.1) is 0 Å². The zero-order chi connectivity index (χ0) is 35.0. The summed E-state index contributed by atoms with van der Waals surface area (Å²) in [6.07, 6.45) is 8.64. The molecule has 0 radical (unpaired) electrons. The van der Waals surface area contributed by atoms with Crippen molar-refractivity contribution in [2.75, 3.05) is 19.0 Å². The zero-order valence-corrected chi connectivity index (χ0v) is 30.8. The number of rotatable bonds is 8. The van der Waals surface area contributed by atoms with Crippen LogP contribution in [0.3, 0.4) is 0 Å². The molecule has 2 aliphatic heterocycles. The molecule has 3 aromatic rings. The van der Waals surface area contributed by atoms with E-state index in [2.05, 4.69) is 36.3 Å². The van der Waals surface area contributed by atoms with E-state index in [9.17, 15) is 22.8 Å². The first-order chi connectivity index (χ1) is 24.0. The number of ether oxygens (including phenoxy) is 2. The molecule has 50 heavy (non-hydrogen) atoms. The summed E-state index contributed by atoms with van der Waals surface area (Å²) in [6.45, 7) is 0.130. The number of allylic oxidation sites excluding steroid dienone is 1. The molecule has 1 saturated heterocycles. The van der Waals surface area contributed by atoms with Crippen molar-refractivity contribution >= 4 is 70.9 Å². The summed E-state index contributed by atoms with van der Waals surface area (Å²) < 4.78 is 41.4. The predicted molar refractivity (Wildman–Crippen MR) is 194 cm³/mol. The highest BCUT2D eigenvalue weighted by atomic mass is 79.9. The molecule has 1 aromatic heterocycles. The SMILES string of the molecule is COc1cccc(N[C@H]2CCCCCC=C[C@@H]3C[C@@]3(C(=O)NS(=O)(=O)C3CC3)NC(=O)[C@@H]3C[C@@H](Oc4nc5ccc(Br)cc5s4)CN3C2=O)c1. The van der Waals surface area contributed by atoms with Gasteiger partial charge >= 0.3 is 0 Å². The van der Waals surface area contributed by atoms with Crippen LogP contribution in [0.1, 0.15) is 57.8 Å². The molecule has 0 spiro atoms. The van der Waals surface area contributed by atoms with E-state index in [1.807, 2.05) is 54.6 Å². The van der Waals surface area contributed by atoms with E-state index in [-0.39, 0.29) is 31.2 Å². The quantitative estimate of drug-likeness (QED) is 0.271. The number of aromatic nitrogens is 1. The van der Waals surface area contributed by atoms with Gasteiger partial charge in [-0.3, -0.25) is 19.1 Å². The Morgan fingerprint density at radius 1 is 1.12 bits per heavy atom. The van der Waals surface area contributed by atoms with E-state index in [0.29, 0.717) is 35.9 Å². The van der Waals surface area contributed by atoms with Crippen LogP contribution in [0.5, 0.6) is 10.9 Å². The lowest BCUT2D eigenvalue weighted by Gasteiger charge is -2.30. The van der Waals surface area contributed by atoms with Crippen molar-refractivity contribution < 1.29 is 32.3 Å². The summed E-state index contributed by atoms with van der Waals surface area (Å²) in [5, 5.41) is 6.16. The number of anilines is 1. The maximum absolute atomic E-state index is 14.5. The average Bonchev–Trinajstić information content (AvgIpc) is 3.98. The van der Waals surface area contributed by atoms with Crippen molar-refractivity contribution in [2.45, 2.75) is 86.8 Å². The third kappa shape index (κ3) is 7.49. The first kappa shape index (κ1) is 34.7. The molecule has 3 N–H and O–H groups in total. The van der Waals surface area contributed by atoms with E-state index in [1.165, 1.54) is 11.3 Å². The van der Waals surface area contributed by atoms with Gasteiger partial charge in [0.1, 0.15) is 29.5 Å². The molecule has 5 atom stereocenters. The first-order valence-electron chi connectivity index (χ1n) is 17.0. The number of halogens is 1. The van der Waals surface area contributed by atoms with Crippen molar-refractivity contribution in [3.8, 4) is 10.9 Å². The highest BCUT2D eigenvalue weighted by molar-refractivity contribution is 9.10. The van der Waals surface area contributed by atoms with Crippen LogP contribution in [-0.4, -0.2) is 78.7 Å². The van der Waals surface area contributed by atoms with E-state index < -0.39 is 50.8 Å². The van der Waals surface area contributed by atoms with Gasteiger partial charge in [-0.2, -0.15) is 0 Å². The van der Waals surface area contributed by atoms with Crippen molar-refractivity contribution in [3.05, 3.63) is 59.1 Å². The molecule has 12 nitrogen and oxygen atoms in total. The topological polar surface area (TPSA) is 156 Å². The second-order valence-electron chi connectivity index (χ2n) is 13.5. The van der Waals surface area contributed by atoms with Crippen LogP contribution in [-0.2, 0) is 24.4 Å². The summed E-state index contributed by atoms with van der Waals surface area (Å²) in [6, 6.07) is 11.5. The molecule has 3 heterocycles. The second-order valence-corrected chi connectivity index (χ2v) is 17.4. The minimum atomic E-state index is -3.84. The lowest BCUT2D eigenvalue weighted by molar-refractivity contribution is -0.140. The van der Waals surface area contributed by atoms with Crippen molar-refractivity contribution in [2.24, 2.45) is 5.92 Å². The van der Waals surface area contributed by atoms with E-state index in [1.54, 1.807) is 12.0 Å². The molecule has 2 saturated carbocycles. The number of carbonyl (C=O) groups excluding carboxylic acids is 3. The minimum Gasteiger partial charge on any atom is -0.497 e. The Labute approximate surface area is 303 Å². The van der Waals surface area contributed by atoms with Crippen molar-refractivity contribution in [1.82, 2.24) is 19.9 Å². The van der Waals surface area contributed by atoms with Crippen LogP contribution in [0.4, 0.5) is 5.69 Å². The zero-order valence-electron chi connectivity index (χ0n) is 27.6. The van der Waals surface area contributed by atoms with Gasteiger partial charge in [-0.25, -0.2) is 13.4 Å². The molecule has 3 amide bonds. The number of amides is 3. The smallest absolute Gasteiger partial charge is 0.274 e. The normalized spacial score (nSPS) is 27.4. The summed E-state index contributed by atoms with van der Waals surface area (Å²) in [5.41, 5.74) is 0.0621. The van der Waals surface area contributed by atoms with E-state index >= 15 is 0 Å². The minimum absolute atomic E-state index is 0.130. The lowest BCUT2D eigenvalue weighted by Crippen LogP contribution is -2.57. The standard InChI is InChI=1S/C35H40BrN5O7S2/c1-47-24-10-7-9-23(17-24)37-28-11-6-4-2-3-5-8-21-19-35(21,33(44)40-50(45,46)26-13-14-26)39-31(42)29-18-25(20-41(29)32(28)43)48-34-38-27-15-12-22(36)16-30(27)49-34/h5,7-10,12,15-17,21,25-26,28-29,37H,2-4,6,11,13-14,18-20H2,1H3,(H,39,42)(H,40,44)/t21-,25-,28+,29+,35-/m1/s1. The summed E-state index contributed by atoms with van der Waals surface area (Å²) in [5.74, 6) is -1.25. The monoisotopic (exact) mass is 785 g/mol. The molecule has 7 rings (SSSR count). The molecule has 266 valence electrons. The number of hydrogen-bond donors (Lipinski definition) is 3. The number of nitrogens with zero attached hydrogens (tertiary/aromatic N) is 2. The number of thiazole rings is 1. The second kappa shape index (κ2) is 14.1. The third-order valence-electron chi connectivity index (χ3n) is 9.85. The fraction of sp³-hybridized carbons (Fsp3) is 0.486. The van der Waals surface area contributed by atoms with Gasteiger partial charge in [-0.1, -0.05) is 58.3 Å². The molecule has 4 aliphatic rings. The molecule has 0 unspecified atom stereocenters. The molecule has 3 fully saturated rings. The number of sulfonamides is 1. The lowest BCUT2D eigenvalue weighted by atomic mass is 10.0. The van der Waals surface area contributed by atoms with Gasteiger partial charge in [0.25, 0.3) is 11.1 Å². The number of nitrogens with one attached hydrogen (secondary N) is 3. The maximum atomic E-state index is 14.5. The number of fused-ring (bicyclic) bond motifs is 3. The average molecular weight is 787 g/mol. The molecular weight excluding hydrogens is 746 g/mol. The molecule has 15 heteroatoms. The van der Waals surface area contributed by atoms with E-state index in [4.69, 9.17) is 9.47 Å². The van der Waals surface area contributed by atoms with Crippen LogP contribution in [0.15, 0.2) is 59.1 Å². The first-order valence-corrected chi connectivity index (χ1v) is 20.2. The highest BCUT2D eigenvalue weighted by Crippen LogP contribution is 2.46. The Morgan fingerprint density at radius 3 is 2.76 bits per heavy atom. The van der Waals surface area contributed by atoms with Gasteiger partial charge in [0.15, 0.2) is 0 Å². The third-order valence-corrected chi connectivity index (χ3v) is 13.1. The molecule has 2 aliphatic carbocycles. The van der Waals surface area contributed by atoms with Gasteiger partial charge in [0.05, 0.1) is 29.1 Å². The van der Waals surface area contributed by atoms with Gasteiger partial charge in [0.2, 0.25) is 21.8 Å². The number of hydrogen-bond acceptors (Lipinski definition) is 10. The summed E-state index contributed by atoms with van der Waals surface area (Å²) in [4.78, 5) is 48.6. The Morgan fingerprint density at radius 2 is 1.96 bits per heavy atom. The fourth-order valence-corrected chi connectivity index (χ4v) is 9.63. The number of methoxy groups -OCH3 is 1. The Kier molecular flexibility index (Phi) is 9.83. The summed E-state index contributed by atoms with van der Waals surface area (Å²) >= 11 is 4.87. The van der Waals surface area contributed by atoms with E-state index in [0.717, 1.165) is 40.4 Å². The fourth-order valence-electron chi connectivity index (χ4n) is 6.83. The number of carbonyl (C=O) groups is 3. The summed E-state index contributed by atoms with van der Waals surface area (Å²) in [7, 11) is -2.26. The van der Waals surface area contributed by atoms with Gasteiger partial charge < -0.3 is 25.0 Å².